The standard InChI is InChI=1S/C59H76Cl2N6O14/c1-8-44(41-33-51(75-5)56(77-7)52(34-41)76-6)58(71)66-26-10-9-15-47(66)59(72)81-48(21-17-39-18-22-49(73-3)50(31-39)74-4)40-13-11-14-43(32-40)80-37-55(70)63-25-28-79-30-29-78-27-23-53(68)62-24-12-16-54(69)64-57-38(2)36-67(65-57)42-19-20-45(60)46(61)35-42/h11,13-14,18-20,22,31-35,38,44,47-48H,8-10,12,15-17,21,23-30,36-37H2,1-7H3,(H,62,68)(H,63,70)(H,64,65,69)/t38?,44-,47-,48-/m0/s1. The summed E-state index contributed by atoms with van der Waals surface area (Å²) in [5.74, 6) is 1.32. The second-order valence-electron chi connectivity index (χ2n) is 19.4. The zero-order chi connectivity index (χ0) is 58.3. The minimum Gasteiger partial charge on any atom is -0.493 e. The van der Waals surface area contributed by atoms with E-state index in [1.807, 2.05) is 44.2 Å². The third kappa shape index (κ3) is 18.5. The number of nitrogens with zero attached hydrogens (tertiary/aromatic N) is 3. The molecule has 0 bridgehead atoms. The second kappa shape index (κ2) is 32.4. The number of amides is 4. The number of rotatable bonds is 31. The van der Waals surface area contributed by atoms with Crippen molar-refractivity contribution < 1.29 is 66.6 Å². The molecule has 4 amide bonds. The SMILES string of the molecule is CC[C@H](C(=O)N1CCCC[C@H]1C(=O)O[C@@H](CCc1ccc(OC)c(OC)c1)c1cccc(OCC(=O)NCCOCCOCCC(=O)NCCCC(=O)NC2=NN(c3ccc(Cl)c(Cl)c3)CC2C)c1)c1cc(OC)c(OC)c(OC)c1. The van der Waals surface area contributed by atoms with Crippen LogP contribution in [-0.4, -0.2) is 141 Å². The zero-order valence-electron chi connectivity index (χ0n) is 47.3. The number of aryl methyl sites for hydroxylation is 1. The van der Waals surface area contributed by atoms with E-state index >= 15 is 0 Å². The number of likely N-dealkylation sites (tertiary alicyclic amines) is 1. The summed E-state index contributed by atoms with van der Waals surface area (Å²) in [6.07, 6.45) is 3.31. The van der Waals surface area contributed by atoms with Crippen molar-refractivity contribution in [3.05, 3.63) is 99.5 Å². The first-order valence-electron chi connectivity index (χ1n) is 27.2. The molecule has 1 saturated heterocycles. The Hall–Kier alpha value is -7.00. The van der Waals surface area contributed by atoms with Gasteiger partial charge >= 0.3 is 5.97 Å². The summed E-state index contributed by atoms with van der Waals surface area (Å²) in [6.45, 7) is 6.08. The van der Waals surface area contributed by atoms with Gasteiger partial charge in [-0.2, -0.15) is 5.10 Å². The van der Waals surface area contributed by atoms with E-state index in [9.17, 15) is 24.0 Å². The number of methoxy groups -OCH3 is 5. The number of amidine groups is 1. The molecule has 6 rings (SSSR count). The molecule has 1 unspecified atom stereocenters. The molecular weight excluding hydrogens is 1090 g/mol. The number of esters is 1. The zero-order valence-corrected chi connectivity index (χ0v) is 48.8. The first-order chi connectivity index (χ1) is 39.2. The average Bonchev–Trinajstić information content (AvgIpc) is 4.02. The minimum absolute atomic E-state index is 0.00374. The summed E-state index contributed by atoms with van der Waals surface area (Å²) >= 11 is 12.2. The molecule has 4 atom stereocenters. The van der Waals surface area contributed by atoms with Crippen LogP contribution in [0.3, 0.4) is 0 Å². The molecule has 81 heavy (non-hydrogen) atoms. The van der Waals surface area contributed by atoms with Crippen LogP contribution in [0.2, 0.25) is 10.0 Å². The molecule has 0 aromatic heterocycles. The van der Waals surface area contributed by atoms with E-state index in [1.54, 1.807) is 66.6 Å². The van der Waals surface area contributed by atoms with E-state index in [0.29, 0.717) is 113 Å². The van der Waals surface area contributed by atoms with Crippen molar-refractivity contribution in [1.29, 1.82) is 0 Å². The Labute approximate surface area is 484 Å². The van der Waals surface area contributed by atoms with Crippen LogP contribution < -0.4 is 49.4 Å². The molecule has 4 aromatic carbocycles. The van der Waals surface area contributed by atoms with Gasteiger partial charge in [-0.15, -0.1) is 0 Å². The molecule has 0 radical (unpaired) electrons. The molecule has 2 heterocycles. The van der Waals surface area contributed by atoms with Crippen LogP contribution in [0.5, 0.6) is 34.5 Å². The predicted molar refractivity (Wildman–Crippen MR) is 307 cm³/mol. The Morgan fingerprint density at radius 1 is 0.716 bits per heavy atom. The van der Waals surface area contributed by atoms with E-state index in [0.717, 1.165) is 24.1 Å². The fourth-order valence-electron chi connectivity index (χ4n) is 9.44. The molecule has 4 aromatic rings. The summed E-state index contributed by atoms with van der Waals surface area (Å²) in [6, 6.07) is 20.7. The molecule has 0 saturated carbocycles. The predicted octanol–water partition coefficient (Wildman–Crippen LogP) is 8.23. The Balaban J connectivity index is 0.924. The van der Waals surface area contributed by atoms with Crippen molar-refractivity contribution in [2.24, 2.45) is 11.0 Å². The molecule has 0 spiro atoms. The smallest absolute Gasteiger partial charge is 0.329 e. The summed E-state index contributed by atoms with van der Waals surface area (Å²) in [5.41, 5.74) is 3.03. The van der Waals surface area contributed by atoms with Crippen LogP contribution in [0.1, 0.15) is 93.9 Å². The third-order valence-electron chi connectivity index (χ3n) is 13.8. The Morgan fingerprint density at radius 3 is 2.15 bits per heavy atom. The molecular formula is C59H76Cl2N6O14. The van der Waals surface area contributed by atoms with Crippen molar-refractivity contribution in [3.8, 4) is 34.5 Å². The maximum atomic E-state index is 14.5. The van der Waals surface area contributed by atoms with Crippen molar-refractivity contribution in [3.63, 3.8) is 0 Å². The second-order valence-corrected chi connectivity index (χ2v) is 20.2. The maximum Gasteiger partial charge on any atom is 0.329 e. The topological polar surface area (TPSA) is 223 Å². The first kappa shape index (κ1) is 63.2. The van der Waals surface area contributed by atoms with E-state index in [4.69, 9.17) is 65.8 Å². The number of benzene rings is 4. The van der Waals surface area contributed by atoms with Gasteiger partial charge in [0.1, 0.15) is 23.7 Å². The van der Waals surface area contributed by atoms with Gasteiger partial charge < -0.3 is 63.5 Å². The highest BCUT2D eigenvalue weighted by Crippen LogP contribution is 2.42. The average molecular weight is 1160 g/mol. The van der Waals surface area contributed by atoms with Gasteiger partial charge in [-0.3, -0.25) is 24.2 Å². The number of halogens is 2. The Bertz CT molecular complexity index is 2760. The molecule has 1 fully saturated rings. The van der Waals surface area contributed by atoms with Crippen LogP contribution in [0.25, 0.3) is 0 Å². The van der Waals surface area contributed by atoms with E-state index in [2.05, 4.69) is 21.1 Å². The number of carbonyl (C=O) groups excluding carboxylic acids is 5. The van der Waals surface area contributed by atoms with Crippen LogP contribution >= 0.6 is 23.2 Å². The number of hydrazone groups is 1. The quantitative estimate of drug-likeness (QED) is 0.0319. The third-order valence-corrected chi connectivity index (χ3v) is 14.5. The lowest BCUT2D eigenvalue weighted by molar-refractivity contribution is -0.162. The van der Waals surface area contributed by atoms with Crippen LogP contribution in [0.15, 0.2) is 77.9 Å². The van der Waals surface area contributed by atoms with Gasteiger partial charge in [-0.1, -0.05) is 55.2 Å². The van der Waals surface area contributed by atoms with E-state index in [-0.39, 0.29) is 82.0 Å². The fourth-order valence-corrected chi connectivity index (χ4v) is 9.73. The summed E-state index contributed by atoms with van der Waals surface area (Å²) in [7, 11) is 7.70. The molecule has 0 aliphatic carbocycles. The lowest BCUT2D eigenvalue weighted by atomic mass is 9.91. The summed E-state index contributed by atoms with van der Waals surface area (Å²) in [4.78, 5) is 68.4. The van der Waals surface area contributed by atoms with Gasteiger partial charge in [0.15, 0.2) is 29.6 Å². The highest BCUT2D eigenvalue weighted by molar-refractivity contribution is 6.42. The lowest BCUT2D eigenvalue weighted by Crippen LogP contribution is -2.50. The van der Waals surface area contributed by atoms with Gasteiger partial charge in [0.05, 0.1) is 90.2 Å². The van der Waals surface area contributed by atoms with Crippen molar-refractivity contribution in [2.45, 2.75) is 89.7 Å². The van der Waals surface area contributed by atoms with Crippen molar-refractivity contribution in [1.82, 2.24) is 20.9 Å². The number of ether oxygens (including phenoxy) is 9. The van der Waals surface area contributed by atoms with E-state index in [1.165, 1.54) is 21.3 Å². The molecule has 440 valence electrons. The Morgan fingerprint density at radius 2 is 1.44 bits per heavy atom. The number of nitrogens with one attached hydrogen (secondary N) is 3. The Kier molecular flexibility index (Phi) is 25.3. The number of hydrogen-bond donors (Lipinski definition) is 3. The fraction of sp³-hybridized carbons (Fsp3) is 0.492. The molecule has 2 aliphatic heterocycles. The summed E-state index contributed by atoms with van der Waals surface area (Å²) in [5, 5.41) is 15.6. The number of piperidine rings is 1. The highest BCUT2D eigenvalue weighted by Gasteiger charge is 2.38. The number of carbonyl (C=O) groups is 5. The normalized spacial score (nSPS) is 15.6. The highest BCUT2D eigenvalue weighted by atomic mass is 35.5. The van der Waals surface area contributed by atoms with Gasteiger partial charge in [0.25, 0.3) is 5.91 Å². The van der Waals surface area contributed by atoms with Crippen LogP contribution in [0.4, 0.5) is 5.69 Å². The first-order valence-corrected chi connectivity index (χ1v) is 28.0. The van der Waals surface area contributed by atoms with Crippen LogP contribution in [-0.2, 0) is 44.6 Å². The molecule has 22 heteroatoms. The lowest BCUT2D eigenvalue weighted by Gasteiger charge is -2.37. The maximum absolute atomic E-state index is 14.5. The molecule has 2 aliphatic rings. The van der Waals surface area contributed by atoms with Crippen LogP contribution in [0, 0.1) is 5.92 Å². The molecule has 3 N–H and O–H groups in total. The van der Waals surface area contributed by atoms with Gasteiger partial charge in [0.2, 0.25) is 23.5 Å². The van der Waals surface area contributed by atoms with Gasteiger partial charge in [0, 0.05) is 38.4 Å². The van der Waals surface area contributed by atoms with Crippen molar-refractivity contribution >= 4 is 64.3 Å². The number of hydrogen-bond acceptors (Lipinski definition) is 16. The minimum atomic E-state index is -0.824. The summed E-state index contributed by atoms with van der Waals surface area (Å²) < 4.78 is 51.2. The van der Waals surface area contributed by atoms with Gasteiger partial charge in [-0.05, 0) is 116 Å². The van der Waals surface area contributed by atoms with E-state index < -0.39 is 24.0 Å². The number of anilines is 1. The largest absolute Gasteiger partial charge is 0.493 e. The van der Waals surface area contributed by atoms with Gasteiger partial charge in [-0.25, -0.2) is 4.79 Å². The molecule has 20 nitrogen and oxygen atoms in total. The monoisotopic (exact) mass is 1160 g/mol. The van der Waals surface area contributed by atoms with Crippen molar-refractivity contribution in [2.75, 3.05) is 99.8 Å².